The third kappa shape index (κ3) is 4.21. The summed E-state index contributed by atoms with van der Waals surface area (Å²) in [6.45, 7) is 2.58. The molecule has 0 aliphatic heterocycles. The molecule has 4 heteroatoms. The van der Waals surface area contributed by atoms with Gasteiger partial charge in [0.2, 0.25) is 0 Å². The smallest absolute Gasteiger partial charge is 0.251 e. The molecule has 0 bridgehead atoms. The number of carbonyl (C=O) groups excluding carboxylic acids is 1. The van der Waals surface area contributed by atoms with Crippen LogP contribution in [0.4, 0.5) is 0 Å². The molecular formula is C18H24N2O2. The maximum Gasteiger partial charge on any atom is 0.251 e. The first-order valence-corrected chi connectivity index (χ1v) is 7.78. The van der Waals surface area contributed by atoms with Crippen LogP contribution in [0.2, 0.25) is 0 Å². The number of hydrogen-bond acceptors (Lipinski definition) is 2. The molecule has 0 aliphatic carbocycles. The number of aromatic nitrogens is 1. The molecule has 2 N–H and O–H groups in total. The number of amides is 1. The van der Waals surface area contributed by atoms with Crippen molar-refractivity contribution >= 4 is 5.91 Å². The fraction of sp³-hybridized carbons (Fsp3) is 0.389. The van der Waals surface area contributed by atoms with Gasteiger partial charge in [-0.2, -0.15) is 0 Å². The number of carbonyl (C=O) groups is 1. The van der Waals surface area contributed by atoms with Crippen molar-refractivity contribution in [3.05, 3.63) is 59.4 Å². The highest BCUT2D eigenvalue weighted by atomic mass is 16.3. The molecule has 1 amide bonds. The second-order valence-electron chi connectivity index (χ2n) is 5.55. The Morgan fingerprint density at radius 3 is 2.59 bits per heavy atom. The summed E-state index contributed by atoms with van der Waals surface area (Å²) in [5.74, 6) is -0.0953. The van der Waals surface area contributed by atoms with Crippen molar-refractivity contribution in [1.82, 2.24) is 9.88 Å². The molecule has 1 heterocycles. The summed E-state index contributed by atoms with van der Waals surface area (Å²) in [5, 5.41) is 13.0. The van der Waals surface area contributed by atoms with E-state index in [1.54, 1.807) is 0 Å². The summed E-state index contributed by atoms with van der Waals surface area (Å²) >= 11 is 0. The molecule has 118 valence electrons. The molecular weight excluding hydrogens is 276 g/mol. The summed E-state index contributed by atoms with van der Waals surface area (Å²) in [4.78, 5) is 12.1. The zero-order chi connectivity index (χ0) is 15.9. The van der Waals surface area contributed by atoms with Gasteiger partial charge in [-0.25, -0.2) is 0 Å². The van der Waals surface area contributed by atoms with Gasteiger partial charge in [-0.1, -0.05) is 25.5 Å². The van der Waals surface area contributed by atoms with E-state index < -0.39 is 6.10 Å². The second kappa shape index (κ2) is 7.80. The lowest BCUT2D eigenvalue weighted by Crippen LogP contribution is -2.25. The van der Waals surface area contributed by atoms with Gasteiger partial charge in [0.05, 0.1) is 6.10 Å². The molecule has 0 radical (unpaired) electrons. The Hall–Kier alpha value is -2.07. The average molecular weight is 300 g/mol. The molecule has 2 aromatic rings. The fourth-order valence-electron chi connectivity index (χ4n) is 2.50. The molecule has 1 unspecified atom stereocenters. The minimum absolute atomic E-state index is 0.0953. The largest absolute Gasteiger partial charge is 0.387 e. The maximum atomic E-state index is 12.1. The zero-order valence-corrected chi connectivity index (χ0v) is 13.2. The number of rotatable bonds is 7. The van der Waals surface area contributed by atoms with Gasteiger partial charge in [0.15, 0.2) is 0 Å². The van der Waals surface area contributed by atoms with Crippen LogP contribution in [0.1, 0.15) is 47.5 Å². The maximum absolute atomic E-state index is 12.1. The quantitative estimate of drug-likeness (QED) is 0.826. The van der Waals surface area contributed by atoms with E-state index in [1.165, 1.54) is 5.56 Å². The number of aliphatic hydroxyl groups is 1. The Balaban J connectivity index is 1.81. The van der Waals surface area contributed by atoms with E-state index in [9.17, 15) is 9.90 Å². The molecule has 0 aliphatic rings. The number of hydrogen-bond donors (Lipinski definition) is 2. The Bertz CT molecular complexity index is 602. The molecule has 0 saturated carbocycles. The monoisotopic (exact) mass is 300 g/mol. The Morgan fingerprint density at radius 2 is 2.00 bits per heavy atom. The lowest BCUT2D eigenvalue weighted by Gasteiger charge is -2.12. The first kappa shape index (κ1) is 16.3. The van der Waals surface area contributed by atoms with Gasteiger partial charge in [0.1, 0.15) is 0 Å². The Morgan fingerprint density at radius 1 is 1.27 bits per heavy atom. The number of aryl methyl sites for hydroxylation is 2. The Kier molecular flexibility index (Phi) is 5.78. The van der Waals surface area contributed by atoms with E-state index in [0.717, 1.165) is 18.5 Å². The van der Waals surface area contributed by atoms with Crippen LogP contribution >= 0.6 is 0 Å². The summed E-state index contributed by atoms with van der Waals surface area (Å²) in [6.07, 6.45) is 3.96. The molecule has 0 spiro atoms. The average Bonchev–Trinajstić information content (AvgIpc) is 2.94. The molecule has 0 saturated heterocycles. The third-order valence-electron chi connectivity index (χ3n) is 3.78. The highest BCUT2D eigenvalue weighted by Gasteiger charge is 2.11. The number of nitrogens with one attached hydrogen (secondary N) is 1. The van der Waals surface area contributed by atoms with Crippen LogP contribution in [-0.2, 0) is 13.5 Å². The first-order chi connectivity index (χ1) is 10.6. The van der Waals surface area contributed by atoms with E-state index in [0.29, 0.717) is 18.5 Å². The minimum Gasteiger partial charge on any atom is -0.387 e. The molecule has 2 rings (SSSR count). The summed E-state index contributed by atoms with van der Waals surface area (Å²) in [5.41, 5.74) is 2.77. The van der Waals surface area contributed by atoms with Gasteiger partial charge in [-0.15, -0.1) is 0 Å². The molecule has 0 fully saturated rings. The van der Waals surface area contributed by atoms with Crippen molar-refractivity contribution < 1.29 is 9.90 Å². The minimum atomic E-state index is -0.563. The van der Waals surface area contributed by atoms with Gasteiger partial charge in [-0.05, 0) is 42.7 Å². The van der Waals surface area contributed by atoms with Crippen molar-refractivity contribution in [2.24, 2.45) is 7.05 Å². The highest BCUT2D eigenvalue weighted by Crippen LogP contribution is 2.15. The second-order valence-corrected chi connectivity index (χ2v) is 5.55. The van der Waals surface area contributed by atoms with Crippen molar-refractivity contribution in [1.29, 1.82) is 0 Å². The number of nitrogens with zero attached hydrogens (tertiary/aromatic N) is 1. The number of aliphatic hydroxyl groups excluding tert-OH is 1. The van der Waals surface area contributed by atoms with Crippen molar-refractivity contribution in [2.75, 3.05) is 6.54 Å². The van der Waals surface area contributed by atoms with Crippen LogP contribution in [0.3, 0.4) is 0 Å². The van der Waals surface area contributed by atoms with Crippen LogP contribution in [-0.4, -0.2) is 22.1 Å². The van der Waals surface area contributed by atoms with Crippen LogP contribution in [0.25, 0.3) is 0 Å². The fourth-order valence-corrected chi connectivity index (χ4v) is 2.50. The third-order valence-corrected chi connectivity index (χ3v) is 3.78. The number of benzene rings is 1. The van der Waals surface area contributed by atoms with Crippen molar-refractivity contribution in [2.45, 2.75) is 32.3 Å². The van der Waals surface area contributed by atoms with Gasteiger partial charge < -0.3 is 15.0 Å². The van der Waals surface area contributed by atoms with E-state index in [4.69, 9.17) is 0 Å². The van der Waals surface area contributed by atoms with E-state index in [-0.39, 0.29) is 5.91 Å². The van der Waals surface area contributed by atoms with Crippen LogP contribution in [0.5, 0.6) is 0 Å². The highest BCUT2D eigenvalue weighted by molar-refractivity contribution is 5.94. The molecule has 22 heavy (non-hydrogen) atoms. The normalized spacial score (nSPS) is 12.1. The van der Waals surface area contributed by atoms with Gasteiger partial charge >= 0.3 is 0 Å². The van der Waals surface area contributed by atoms with Gasteiger partial charge in [0, 0.05) is 31.0 Å². The molecule has 4 nitrogen and oxygen atoms in total. The van der Waals surface area contributed by atoms with Crippen LogP contribution in [0.15, 0.2) is 42.6 Å². The first-order valence-electron chi connectivity index (χ1n) is 7.78. The van der Waals surface area contributed by atoms with Crippen LogP contribution < -0.4 is 5.32 Å². The van der Waals surface area contributed by atoms with E-state index in [1.807, 2.05) is 54.2 Å². The van der Waals surface area contributed by atoms with Crippen molar-refractivity contribution in [3.63, 3.8) is 0 Å². The topological polar surface area (TPSA) is 54.3 Å². The zero-order valence-electron chi connectivity index (χ0n) is 13.2. The summed E-state index contributed by atoms with van der Waals surface area (Å²) in [6, 6.07) is 11.5. The lowest BCUT2D eigenvalue weighted by atomic mass is 10.1. The van der Waals surface area contributed by atoms with Crippen molar-refractivity contribution in [3.8, 4) is 0 Å². The van der Waals surface area contributed by atoms with Gasteiger partial charge in [-0.3, -0.25) is 4.79 Å². The predicted octanol–water partition coefficient (Wildman–Crippen LogP) is 2.83. The SMILES string of the molecule is CCCc1ccc(C(=O)NCCC(O)c2cccn2C)cc1. The predicted molar refractivity (Wildman–Crippen MR) is 87.8 cm³/mol. The molecule has 1 atom stereocenters. The van der Waals surface area contributed by atoms with Crippen LogP contribution in [0, 0.1) is 0 Å². The lowest BCUT2D eigenvalue weighted by molar-refractivity contribution is 0.0941. The van der Waals surface area contributed by atoms with Gasteiger partial charge in [0.25, 0.3) is 5.91 Å². The summed E-state index contributed by atoms with van der Waals surface area (Å²) in [7, 11) is 1.90. The van der Waals surface area contributed by atoms with E-state index >= 15 is 0 Å². The Labute approximate surface area is 131 Å². The molecule has 1 aromatic carbocycles. The van der Waals surface area contributed by atoms with E-state index in [2.05, 4.69) is 12.2 Å². The molecule has 1 aromatic heterocycles. The summed E-state index contributed by atoms with van der Waals surface area (Å²) < 4.78 is 1.89. The standard InChI is InChI=1S/C18H24N2O2/c1-3-5-14-7-9-15(10-8-14)18(22)19-12-11-17(21)16-6-4-13-20(16)2/h4,6-10,13,17,21H,3,5,11-12H2,1-2H3,(H,19,22).